The van der Waals surface area contributed by atoms with E-state index in [1.807, 2.05) is 54.8 Å². The van der Waals surface area contributed by atoms with Crippen molar-refractivity contribution in [3.63, 3.8) is 0 Å². The molecule has 118 valence electrons. The van der Waals surface area contributed by atoms with Crippen LogP contribution in [0.5, 0.6) is 0 Å². The Hall–Kier alpha value is -2.69. The number of aromatic nitrogens is 3. The van der Waals surface area contributed by atoms with Crippen LogP contribution in [0.15, 0.2) is 42.6 Å². The van der Waals surface area contributed by atoms with Gasteiger partial charge in [-0.15, -0.1) is 0 Å². The van der Waals surface area contributed by atoms with Crippen molar-refractivity contribution in [3.05, 3.63) is 65.4 Å². The van der Waals surface area contributed by atoms with Crippen LogP contribution in [0.4, 0.5) is 0 Å². The van der Waals surface area contributed by atoms with E-state index < -0.39 is 0 Å². The molecule has 2 heterocycles. The van der Waals surface area contributed by atoms with Crippen molar-refractivity contribution in [2.45, 2.75) is 33.2 Å². The first-order valence-corrected chi connectivity index (χ1v) is 7.78. The van der Waals surface area contributed by atoms with Crippen molar-refractivity contribution in [1.82, 2.24) is 19.7 Å². The monoisotopic (exact) mass is 308 g/mol. The van der Waals surface area contributed by atoms with Gasteiger partial charge in [0, 0.05) is 6.20 Å². The molecule has 1 amide bonds. The number of amides is 1. The first kappa shape index (κ1) is 15.2. The molecule has 0 bridgehead atoms. The number of nitrogens with one attached hydrogen (secondary N) is 1. The molecule has 0 aliphatic rings. The summed E-state index contributed by atoms with van der Waals surface area (Å²) in [6.07, 6.45) is 2.66. The molecule has 0 aliphatic heterocycles. The molecule has 0 radical (unpaired) electrons. The van der Waals surface area contributed by atoms with Gasteiger partial charge in [0.1, 0.15) is 11.6 Å². The topological polar surface area (TPSA) is 59.3 Å². The van der Waals surface area contributed by atoms with Crippen molar-refractivity contribution in [2.24, 2.45) is 0 Å². The second kappa shape index (κ2) is 6.20. The van der Waals surface area contributed by atoms with Gasteiger partial charge in [-0.1, -0.05) is 37.3 Å². The molecule has 0 saturated carbocycles. The highest BCUT2D eigenvalue weighted by Gasteiger charge is 2.18. The van der Waals surface area contributed by atoms with Crippen LogP contribution < -0.4 is 5.32 Å². The summed E-state index contributed by atoms with van der Waals surface area (Å²) in [5, 5.41) is 3.10. The van der Waals surface area contributed by atoms with Crippen LogP contribution >= 0.6 is 0 Å². The smallest absolute Gasteiger partial charge is 0.255 e. The Morgan fingerprint density at radius 3 is 2.61 bits per heavy atom. The fraction of sp³-hybridized carbons (Fsp3) is 0.278. The van der Waals surface area contributed by atoms with Crippen molar-refractivity contribution in [3.8, 4) is 0 Å². The second-order valence-corrected chi connectivity index (χ2v) is 5.59. The number of rotatable bonds is 4. The summed E-state index contributed by atoms with van der Waals surface area (Å²) in [5.41, 5.74) is 2.33. The molecule has 23 heavy (non-hydrogen) atoms. The molecule has 0 aliphatic carbocycles. The van der Waals surface area contributed by atoms with Crippen LogP contribution in [0.1, 0.15) is 47.0 Å². The van der Waals surface area contributed by atoms with Gasteiger partial charge in [0.25, 0.3) is 5.91 Å². The molecular formula is C18H20N4O. The molecule has 1 atom stereocenters. The molecule has 5 heteroatoms. The predicted molar refractivity (Wildman–Crippen MR) is 89.4 cm³/mol. The number of fused-ring (bicyclic) bond motifs is 1. The van der Waals surface area contributed by atoms with E-state index in [0.29, 0.717) is 17.0 Å². The number of carbonyl (C=O) groups excluding carboxylic acids is 1. The third-order valence-corrected chi connectivity index (χ3v) is 3.96. The molecule has 3 aromatic rings. The molecule has 2 aromatic heterocycles. The Morgan fingerprint density at radius 2 is 1.91 bits per heavy atom. The number of aryl methyl sites for hydroxylation is 2. The first-order valence-electron chi connectivity index (χ1n) is 7.78. The van der Waals surface area contributed by atoms with Crippen LogP contribution in [0.3, 0.4) is 0 Å². The summed E-state index contributed by atoms with van der Waals surface area (Å²) in [6.45, 7) is 5.80. The Morgan fingerprint density at radius 1 is 1.17 bits per heavy atom. The maximum absolute atomic E-state index is 12.7. The normalized spacial score (nSPS) is 12.3. The molecular weight excluding hydrogens is 288 g/mol. The van der Waals surface area contributed by atoms with Crippen LogP contribution in [0, 0.1) is 13.8 Å². The van der Waals surface area contributed by atoms with Crippen LogP contribution in [-0.4, -0.2) is 20.3 Å². The van der Waals surface area contributed by atoms with Crippen molar-refractivity contribution >= 4 is 11.6 Å². The number of benzene rings is 1. The molecule has 0 fully saturated rings. The minimum Gasteiger partial charge on any atom is -0.345 e. The molecule has 1 unspecified atom stereocenters. The highest BCUT2D eigenvalue weighted by molar-refractivity contribution is 6.00. The van der Waals surface area contributed by atoms with Crippen molar-refractivity contribution < 1.29 is 4.79 Å². The van der Waals surface area contributed by atoms with Crippen molar-refractivity contribution in [2.75, 3.05) is 0 Å². The zero-order valence-electron chi connectivity index (χ0n) is 13.6. The molecule has 3 rings (SSSR count). The lowest BCUT2D eigenvalue weighted by Crippen LogP contribution is -2.28. The summed E-state index contributed by atoms with van der Waals surface area (Å²) < 4.78 is 1.84. The summed E-state index contributed by atoms with van der Waals surface area (Å²) in [6, 6.07) is 11.8. The first-order chi connectivity index (χ1) is 11.1. The summed E-state index contributed by atoms with van der Waals surface area (Å²) in [5.74, 6) is 1.38. The maximum atomic E-state index is 12.7. The van der Waals surface area contributed by atoms with E-state index in [1.54, 1.807) is 6.07 Å². The average Bonchev–Trinajstić information content (AvgIpc) is 2.97. The zero-order valence-corrected chi connectivity index (χ0v) is 13.6. The molecule has 1 aromatic carbocycles. The Bertz CT molecular complexity index is 839. The Balaban J connectivity index is 1.92. The van der Waals surface area contributed by atoms with Gasteiger partial charge in [0.05, 0.1) is 11.6 Å². The van der Waals surface area contributed by atoms with E-state index in [0.717, 1.165) is 17.8 Å². The predicted octanol–water partition coefficient (Wildman–Crippen LogP) is 3.23. The SMILES string of the molecule is CCC(NC(=O)c1ccn2c(C)nc(C)nc12)c1ccccc1. The van der Waals surface area contributed by atoms with Crippen molar-refractivity contribution in [1.29, 1.82) is 0 Å². The molecule has 1 N–H and O–H groups in total. The van der Waals surface area contributed by atoms with Crippen LogP contribution in [-0.2, 0) is 0 Å². The lowest BCUT2D eigenvalue weighted by Gasteiger charge is -2.17. The molecule has 0 saturated heterocycles. The van der Waals surface area contributed by atoms with Crippen LogP contribution in [0.25, 0.3) is 5.65 Å². The van der Waals surface area contributed by atoms with Gasteiger partial charge in [-0.2, -0.15) is 0 Å². The fourth-order valence-electron chi connectivity index (χ4n) is 2.79. The van der Waals surface area contributed by atoms with Crippen LogP contribution in [0.2, 0.25) is 0 Å². The number of nitrogens with zero attached hydrogens (tertiary/aromatic N) is 3. The Kier molecular flexibility index (Phi) is 4.10. The molecule has 5 nitrogen and oxygen atoms in total. The fourth-order valence-corrected chi connectivity index (χ4v) is 2.79. The standard InChI is InChI=1S/C18H20N4O/c1-4-16(14-8-6-5-7-9-14)21-18(23)15-10-11-22-13(3)19-12(2)20-17(15)22/h5-11,16H,4H2,1-3H3,(H,21,23). The summed E-state index contributed by atoms with van der Waals surface area (Å²) in [7, 11) is 0. The van der Waals surface area contributed by atoms with Gasteiger partial charge in [-0.3, -0.25) is 9.20 Å². The highest BCUT2D eigenvalue weighted by Crippen LogP contribution is 2.18. The Labute approximate surface area is 135 Å². The summed E-state index contributed by atoms with van der Waals surface area (Å²) >= 11 is 0. The minimum absolute atomic E-state index is 0.0114. The number of carbonyl (C=O) groups is 1. The lowest BCUT2D eigenvalue weighted by molar-refractivity contribution is 0.0937. The molecule has 0 spiro atoms. The van der Waals surface area contributed by atoms with E-state index in [2.05, 4.69) is 22.2 Å². The second-order valence-electron chi connectivity index (χ2n) is 5.59. The quantitative estimate of drug-likeness (QED) is 0.805. The van der Waals surface area contributed by atoms with Gasteiger partial charge in [-0.05, 0) is 31.9 Å². The largest absolute Gasteiger partial charge is 0.345 e. The number of hydrogen-bond acceptors (Lipinski definition) is 3. The number of hydrogen-bond donors (Lipinski definition) is 1. The van der Waals surface area contributed by atoms with Gasteiger partial charge in [0.2, 0.25) is 0 Å². The van der Waals surface area contributed by atoms with E-state index in [-0.39, 0.29) is 11.9 Å². The lowest BCUT2D eigenvalue weighted by atomic mass is 10.0. The third-order valence-electron chi connectivity index (χ3n) is 3.96. The van der Waals surface area contributed by atoms with Gasteiger partial charge < -0.3 is 5.32 Å². The third kappa shape index (κ3) is 2.95. The minimum atomic E-state index is -0.110. The van der Waals surface area contributed by atoms with Gasteiger partial charge in [0.15, 0.2) is 5.65 Å². The summed E-state index contributed by atoms with van der Waals surface area (Å²) in [4.78, 5) is 21.4. The maximum Gasteiger partial charge on any atom is 0.255 e. The van der Waals surface area contributed by atoms with Gasteiger partial charge >= 0.3 is 0 Å². The average molecular weight is 308 g/mol. The van der Waals surface area contributed by atoms with Gasteiger partial charge in [-0.25, -0.2) is 9.97 Å². The zero-order chi connectivity index (χ0) is 16.4. The highest BCUT2D eigenvalue weighted by atomic mass is 16.1. The van der Waals surface area contributed by atoms with E-state index in [9.17, 15) is 4.79 Å². The van der Waals surface area contributed by atoms with E-state index in [1.165, 1.54) is 0 Å². The van der Waals surface area contributed by atoms with E-state index >= 15 is 0 Å². The van der Waals surface area contributed by atoms with E-state index in [4.69, 9.17) is 0 Å².